The average molecular weight is 443 g/mol. The summed E-state index contributed by atoms with van der Waals surface area (Å²) in [5.74, 6) is 1.65. The number of benzene rings is 3. The predicted molar refractivity (Wildman–Crippen MR) is 124 cm³/mol. The molecule has 0 radical (unpaired) electrons. The zero-order valence-corrected chi connectivity index (χ0v) is 17.8. The second-order valence-corrected chi connectivity index (χ2v) is 8.13. The van der Waals surface area contributed by atoms with Crippen LogP contribution in [0.3, 0.4) is 0 Å². The Morgan fingerprint density at radius 1 is 0.844 bits per heavy atom. The van der Waals surface area contributed by atoms with E-state index in [1.807, 2.05) is 59.2 Å². The first kappa shape index (κ1) is 20.1. The zero-order valence-electron chi connectivity index (χ0n) is 17.0. The molecule has 0 aliphatic heterocycles. The number of fused-ring (bicyclic) bond motifs is 1. The first-order chi connectivity index (χ1) is 15.7. The van der Waals surface area contributed by atoms with Crippen molar-refractivity contribution in [3.8, 4) is 11.4 Å². The lowest BCUT2D eigenvalue weighted by Crippen LogP contribution is -2.05. The summed E-state index contributed by atoms with van der Waals surface area (Å²) in [7, 11) is 0. The molecule has 6 nitrogen and oxygen atoms in total. The number of aromatic nitrogens is 5. The summed E-state index contributed by atoms with van der Waals surface area (Å²) in [6.45, 7) is 0.514. The van der Waals surface area contributed by atoms with Crippen molar-refractivity contribution in [1.29, 1.82) is 0 Å². The van der Waals surface area contributed by atoms with E-state index in [1.54, 1.807) is 18.2 Å². The first-order valence-corrected chi connectivity index (χ1v) is 11.0. The van der Waals surface area contributed by atoms with Crippen LogP contribution in [0.1, 0.15) is 11.4 Å². The molecule has 3 aromatic carbocycles. The highest BCUT2D eigenvalue weighted by Gasteiger charge is 2.18. The van der Waals surface area contributed by atoms with E-state index in [2.05, 4.69) is 20.2 Å². The maximum atomic E-state index is 14.5. The molecule has 0 saturated heterocycles. The molecule has 0 amide bonds. The molecule has 0 saturated carbocycles. The molecule has 32 heavy (non-hydrogen) atoms. The first-order valence-electron chi connectivity index (χ1n) is 10.0. The molecule has 0 spiro atoms. The molecule has 0 aliphatic rings. The largest absolute Gasteiger partial charge is 0.383 e. The standard InChI is InChI=1S/C24H19FN6S/c25-19-12-6-4-10-17(19)23-29-30-24(31(23)14-16-8-2-1-3-9-16)32-15-21-27-20-13-7-5-11-18(20)22(26)28-21/h1-13H,14-15H2,(H2,26,27,28). The van der Waals surface area contributed by atoms with Crippen LogP contribution in [0, 0.1) is 5.82 Å². The van der Waals surface area contributed by atoms with E-state index in [-0.39, 0.29) is 5.82 Å². The lowest BCUT2D eigenvalue weighted by Gasteiger charge is -2.11. The summed E-state index contributed by atoms with van der Waals surface area (Å²) in [4.78, 5) is 9.05. The number of thioether (sulfide) groups is 1. The molecule has 5 rings (SSSR count). The van der Waals surface area contributed by atoms with Gasteiger partial charge in [-0.25, -0.2) is 14.4 Å². The van der Waals surface area contributed by atoms with Gasteiger partial charge in [-0.3, -0.25) is 4.57 Å². The molecule has 0 atom stereocenters. The van der Waals surface area contributed by atoms with E-state index < -0.39 is 0 Å². The van der Waals surface area contributed by atoms with Crippen molar-refractivity contribution in [2.75, 3.05) is 5.73 Å². The number of halogens is 1. The van der Waals surface area contributed by atoms with Gasteiger partial charge in [0.1, 0.15) is 17.5 Å². The third-order valence-corrected chi connectivity index (χ3v) is 5.99. The molecule has 2 heterocycles. The van der Waals surface area contributed by atoms with Crippen LogP contribution in [0.2, 0.25) is 0 Å². The van der Waals surface area contributed by atoms with Crippen LogP contribution in [-0.4, -0.2) is 24.7 Å². The van der Waals surface area contributed by atoms with Gasteiger partial charge in [0.25, 0.3) is 0 Å². The summed E-state index contributed by atoms with van der Waals surface area (Å²) in [5, 5.41) is 10.1. The molecule has 158 valence electrons. The third kappa shape index (κ3) is 4.04. The Bertz CT molecular complexity index is 1390. The number of nitrogen functional groups attached to an aromatic ring is 1. The Morgan fingerprint density at radius 2 is 1.59 bits per heavy atom. The lowest BCUT2D eigenvalue weighted by molar-refractivity contribution is 0.626. The molecular formula is C24H19FN6S. The van der Waals surface area contributed by atoms with E-state index >= 15 is 0 Å². The number of anilines is 1. The Hall–Kier alpha value is -3.78. The van der Waals surface area contributed by atoms with Gasteiger partial charge in [0.2, 0.25) is 0 Å². The van der Waals surface area contributed by atoms with Crippen LogP contribution in [0.5, 0.6) is 0 Å². The van der Waals surface area contributed by atoms with Crippen molar-refractivity contribution < 1.29 is 4.39 Å². The monoisotopic (exact) mass is 442 g/mol. The van der Waals surface area contributed by atoms with Gasteiger partial charge >= 0.3 is 0 Å². The predicted octanol–water partition coefficient (Wildman–Crippen LogP) is 4.95. The minimum atomic E-state index is -0.337. The van der Waals surface area contributed by atoms with Crippen molar-refractivity contribution in [3.63, 3.8) is 0 Å². The number of rotatable bonds is 6. The van der Waals surface area contributed by atoms with Crippen molar-refractivity contribution in [3.05, 3.63) is 96.1 Å². The molecule has 2 aromatic heterocycles. The van der Waals surface area contributed by atoms with E-state index in [1.165, 1.54) is 17.8 Å². The van der Waals surface area contributed by atoms with Gasteiger partial charge in [0.15, 0.2) is 11.0 Å². The maximum Gasteiger partial charge on any atom is 0.192 e. The van der Waals surface area contributed by atoms with Gasteiger partial charge in [-0.1, -0.05) is 66.4 Å². The second-order valence-electron chi connectivity index (χ2n) is 7.19. The average Bonchev–Trinajstić information content (AvgIpc) is 3.21. The van der Waals surface area contributed by atoms with Crippen molar-refractivity contribution in [2.24, 2.45) is 0 Å². The Balaban J connectivity index is 1.49. The quantitative estimate of drug-likeness (QED) is 0.375. The number of hydrogen-bond donors (Lipinski definition) is 1. The number of para-hydroxylation sites is 1. The van der Waals surface area contributed by atoms with Gasteiger partial charge < -0.3 is 5.73 Å². The number of hydrogen-bond acceptors (Lipinski definition) is 6. The number of nitrogens with two attached hydrogens (primary N) is 1. The minimum Gasteiger partial charge on any atom is -0.383 e. The zero-order chi connectivity index (χ0) is 21.9. The van der Waals surface area contributed by atoms with Crippen LogP contribution in [0.4, 0.5) is 10.2 Å². The molecule has 2 N–H and O–H groups in total. The summed E-state index contributed by atoms with van der Waals surface area (Å²) < 4.78 is 16.4. The molecule has 0 aliphatic carbocycles. The summed E-state index contributed by atoms with van der Waals surface area (Å²) in [5.41, 5.74) is 8.40. The number of nitrogens with zero attached hydrogens (tertiary/aromatic N) is 5. The third-order valence-electron chi connectivity index (χ3n) is 5.02. The smallest absolute Gasteiger partial charge is 0.192 e. The van der Waals surface area contributed by atoms with Gasteiger partial charge in [0, 0.05) is 5.39 Å². The fraction of sp³-hybridized carbons (Fsp3) is 0.0833. The minimum absolute atomic E-state index is 0.337. The molecule has 0 fully saturated rings. The van der Waals surface area contributed by atoms with Crippen LogP contribution in [0.15, 0.2) is 84.0 Å². The lowest BCUT2D eigenvalue weighted by atomic mass is 10.2. The van der Waals surface area contributed by atoms with E-state index in [0.29, 0.717) is 40.5 Å². The van der Waals surface area contributed by atoms with E-state index in [4.69, 9.17) is 5.73 Å². The van der Waals surface area contributed by atoms with Gasteiger partial charge in [0.05, 0.1) is 23.4 Å². The van der Waals surface area contributed by atoms with Crippen LogP contribution in [0.25, 0.3) is 22.3 Å². The Morgan fingerprint density at radius 3 is 2.44 bits per heavy atom. The highest BCUT2D eigenvalue weighted by Crippen LogP contribution is 2.29. The van der Waals surface area contributed by atoms with Crippen molar-refractivity contribution in [1.82, 2.24) is 24.7 Å². The molecular weight excluding hydrogens is 423 g/mol. The highest BCUT2D eigenvalue weighted by atomic mass is 32.2. The summed E-state index contributed by atoms with van der Waals surface area (Å²) >= 11 is 1.44. The van der Waals surface area contributed by atoms with E-state index in [9.17, 15) is 4.39 Å². The SMILES string of the molecule is Nc1nc(CSc2nnc(-c3ccccc3F)n2Cc2ccccc2)nc2ccccc12. The van der Waals surface area contributed by atoms with Crippen LogP contribution < -0.4 is 5.73 Å². The van der Waals surface area contributed by atoms with Crippen molar-refractivity contribution in [2.45, 2.75) is 17.5 Å². The van der Waals surface area contributed by atoms with E-state index in [0.717, 1.165) is 16.5 Å². The molecule has 0 unspecified atom stereocenters. The fourth-order valence-electron chi connectivity index (χ4n) is 3.49. The van der Waals surface area contributed by atoms with Gasteiger partial charge in [-0.05, 0) is 29.8 Å². The molecule has 5 aromatic rings. The van der Waals surface area contributed by atoms with Gasteiger partial charge in [-0.15, -0.1) is 10.2 Å². The normalized spacial score (nSPS) is 11.2. The summed E-state index contributed by atoms with van der Waals surface area (Å²) in [6, 6.07) is 24.2. The second kappa shape index (κ2) is 8.76. The van der Waals surface area contributed by atoms with Crippen molar-refractivity contribution >= 4 is 28.5 Å². The fourth-order valence-corrected chi connectivity index (χ4v) is 4.28. The Kier molecular flexibility index (Phi) is 5.51. The maximum absolute atomic E-state index is 14.5. The van der Waals surface area contributed by atoms with Crippen LogP contribution >= 0.6 is 11.8 Å². The molecule has 0 bridgehead atoms. The molecule has 8 heteroatoms. The highest BCUT2D eigenvalue weighted by molar-refractivity contribution is 7.98. The van der Waals surface area contributed by atoms with Gasteiger partial charge in [-0.2, -0.15) is 0 Å². The summed E-state index contributed by atoms with van der Waals surface area (Å²) in [6.07, 6.45) is 0. The Labute approximate surface area is 188 Å². The van der Waals surface area contributed by atoms with Crippen LogP contribution in [-0.2, 0) is 12.3 Å². The topological polar surface area (TPSA) is 82.5 Å².